The van der Waals surface area contributed by atoms with Crippen molar-refractivity contribution in [2.45, 2.75) is 0 Å². The summed E-state index contributed by atoms with van der Waals surface area (Å²) in [6.07, 6.45) is 6.48. The van der Waals surface area contributed by atoms with Gasteiger partial charge in [0.1, 0.15) is 0 Å². The maximum atomic E-state index is 9.72. The molecule has 1 aliphatic heterocycles. The third-order valence-electron chi connectivity index (χ3n) is 0.906. The smallest absolute Gasteiger partial charge is 0.285 e. The second kappa shape index (κ2) is 2.86. The van der Waals surface area contributed by atoms with Crippen molar-refractivity contribution in [3.05, 3.63) is 12.4 Å². The first kappa shape index (κ1) is 5.81. The summed E-state index contributed by atoms with van der Waals surface area (Å²) in [6.45, 7) is 0.603. The molecule has 4 heteroatoms. The van der Waals surface area contributed by atoms with Gasteiger partial charge >= 0.3 is 6.41 Å². The lowest BCUT2D eigenvalue weighted by molar-refractivity contribution is 0.362. The van der Waals surface area contributed by atoms with Crippen molar-refractivity contribution < 1.29 is 4.79 Å². The molecular weight excluding hydrogens is 118 g/mol. The molecule has 0 unspecified atom stereocenters. The van der Waals surface area contributed by atoms with Gasteiger partial charge in [-0.3, -0.25) is 20.2 Å². The summed E-state index contributed by atoms with van der Waals surface area (Å²) >= 11 is 0. The molecule has 47 valence electrons. The largest absolute Gasteiger partial charge is 0.329 e. The molecule has 1 amide bonds. The molecule has 0 atom stereocenters. The fourth-order valence-corrected chi connectivity index (χ4v) is 0.517. The van der Waals surface area contributed by atoms with Crippen LogP contribution >= 0.6 is 0 Å². The molecule has 1 aliphatic rings. The van der Waals surface area contributed by atoms with E-state index in [9.17, 15) is 4.79 Å². The van der Waals surface area contributed by atoms with E-state index in [-0.39, 0.29) is 0 Å². The van der Waals surface area contributed by atoms with Crippen molar-refractivity contribution in [1.82, 2.24) is 10.4 Å². The number of rotatable bonds is 2. The standard InChI is InChI=1S/C5H6N3O/c9-5-7-8-3-1-6-2-4-8/h1-3H,4H2,(H,7,9). The van der Waals surface area contributed by atoms with Crippen LogP contribution in [-0.2, 0) is 4.79 Å². The van der Waals surface area contributed by atoms with Crippen molar-refractivity contribution in [1.29, 1.82) is 0 Å². The highest BCUT2D eigenvalue weighted by atomic mass is 16.1. The van der Waals surface area contributed by atoms with Crippen LogP contribution in [0.3, 0.4) is 0 Å². The molecule has 1 heterocycles. The van der Waals surface area contributed by atoms with Crippen LogP contribution in [0.25, 0.3) is 0 Å². The lowest BCUT2D eigenvalue weighted by atomic mass is 10.6. The summed E-state index contributed by atoms with van der Waals surface area (Å²) < 4.78 is 0. The van der Waals surface area contributed by atoms with Crippen LogP contribution < -0.4 is 5.43 Å². The number of nitrogens with zero attached hydrogens (tertiary/aromatic N) is 2. The average molecular weight is 124 g/mol. The predicted octanol–water partition coefficient (Wildman–Crippen LogP) is -0.584. The highest BCUT2D eigenvalue weighted by molar-refractivity contribution is 5.62. The molecule has 0 fully saturated rings. The molecule has 4 nitrogen and oxygen atoms in total. The van der Waals surface area contributed by atoms with Crippen molar-refractivity contribution in [2.24, 2.45) is 4.99 Å². The van der Waals surface area contributed by atoms with E-state index in [1.165, 1.54) is 0 Å². The number of carbonyl (C=O) groups excluding carboxylic acids is 1. The molecule has 1 rings (SSSR count). The SMILES string of the molecule is O=[C]NN1C=CN=CC1. The van der Waals surface area contributed by atoms with Crippen LogP contribution in [0.2, 0.25) is 0 Å². The minimum absolute atomic E-state index is 0.603. The predicted molar refractivity (Wildman–Crippen MR) is 33.2 cm³/mol. The van der Waals surface area contributed by atoms with E-state index < -0.39 is 0 Å². The number of hydrazine groups is 1. The van der Waals surface area contributed by atoms with Gasteiger partial charge < -0.3 is 0 Å². The molecule has 9 heavy (non-hydrogen) atoms. The Balaban J connectivity index is 2.36. The molecule has 0 saturated carbocycles. The number of hydrogen-bond acceptors (Lipinski definition) is 3. The summed E-state index contributed by atoms with van der Waals surface area (Å²) in [5.74, 6) is 0. The molecule has 0 spiro atoms. The Hall–Kier alpha value is -1.32. The monoisotopic (exact) mass is 124 g/mol. The zero-order chi connectivity index (χ0) is 6.53. The zero-order valence-electron chi connectivity index (χ0n) is 4.74. The molecular formula is C5H6N3O. The van der Waals surface area contributed by atoms with Crippen molar-refractivity contribution >= 4 is 12.6 Å². The van der Waals surface area contributed by atoms with Gasteiger partial charge in [0.2, 0.25) is 0 Å². The Morgan fingerprint density at radius 1 is 1.78 bits per heavy atom. The minimum Gasteiger partial charge on any atom is -0.285 e. The summed E-state index contributed by atoms with van der Waals surface area (Å²) in [7, 11) is 0. The van der Waals surface area contributed by atoms with Crippen molar-refractivity contribution in [3.8, 4) is 0 Å². The fraction of sp³-hybridized carbons (Fsp3) is 0.200. The molecule has 0 aromatic heterocycles. The van der Waals surface area contributed by atoms with E-state index in [2.05, 4.69) is 10.4 Å². The van der Waals surface area contributed by atoms with Crippen molar-refractivity contribution in [3.63, 3.8) is 0 Å². The third kappa shape index (κ3) is 1.56. The van der Waals surface area contributed by atoms with Gasteiger partial charge in [-0.25, -0.2) is 0 Å². The van der Waals surface area contributed by atoms with Crippen LogP contribution in [0.5, 0.6) is 0 Å². The van der Waals surface area contributed by atoms with Gasteiger partial charge in [0.25, 0.3) is 0 Å². The van der Waals surface area contributed by atoms with E-state index in [0.29, 0.717) is 6.54 Å². The third-order valence-corrected chi connectivity index (χ3v) is 0.906. The Morgan fingerprint density at radius 2 is 2.67 bits per heavy atom. The maximum absolute atomic E-state index is 9.72. The Bertz CT molecular complexity index is 150. The topological polar surface area (TPSA) is 44.7 Å². The normalized spacial score (nSPS) is 15.8. The van der Waals surface area contributed by atoms with Gasteiger partial charge in [-0.05, 0) is 0 Å². The molecule has 0 saturated heterocycles. The van der Waals surface area contributed by atoms with Gasteiger partial charge in [-0.2, -0.15) is 0 Å². The first-order valence-electron chi connectivity index (χ1n) is 2.51. The molecule has 0 aliphatic carbocycles. The highest BCUT2D eigenvalue weighted by Gasteiger charge is 1.95. The number of aliphatic imine (C=N–C) groups is 1. The van der Waals surface area contributed by atoms with Crippen LogP contribution in [0, 0.1) is 0 Å². The molecule has 0 aromatic carbocycles. The van der Waals surface area contributed by atoms with Crippen LogP contribution in [-0.4, -0.2) is 24.2 Å². The molecule has 0 aromatic rings. The van der Waals surface area contributed by atoms with Gasteiger partial charge in [0.15, 0.2) is 0 Å². The van der Waals surface area contributed by atoms with E-state index in [1.54, 1.807) is 30.0 Å². The van der Waals surface area contributed by atoms with E-state index in [1.807, 2.05) is 0 Å². The number of nitrogens with one attached hydrogen (secondary N) is 1. The second-order valence-electron chi connectivity index (χ2n) is 1.50. The van der Waals surface area contributed by atoms with Gasteiger partial charge in [-0.1, -0.05) is 0 Å². The molecule has 1 N–H and O–H groups in total. The first-order valence-corrected chi connectivity index (χ1v) is 2.51. The fourth-order valence-electron chi connectivity index (χ4n) is 0.517. The van der Waals surface area contributed by atoms with Crippen LogP contribution in [0.15, 0.2) is 17.4 Å². The highest BCUT2D eigenvalue weighted by Crippen LogP contribution is 1.87. The van der Waals surface area contributed by atoms with Gasteiger partial charge in [0.05, 0.1) is 6.54 Å². The summed E-state index contributed by atoms with van der Waals surface area (Å²) in [5, 5.41) is 1.57. The minimum atomic E-state index is 0.603. The molecule has 0 bridgehead atoms. The second-order valence-corrected chi connectivity index (χ2v) is 1.50. The Labute approximate surface area is 52.8 Å². The number of amides is 1. The molecule has 1 radical (unpaired) electrons. The summed E-state index contributed by atoms with van der Waals surface area (Å²) in [5.41, 5.74) is 2.33. The maximum Gasteiger partial charge on any atom is 0.329 e. The Kier molecular flexibility index (Phi) is 1.85. The van der Waals surface area contributed by atoms with Crippen LogP contribution in [0.4, 0.5) is 0 Å². The van der Waals surface area contributed by atoms with E-state index in [0.717, 1.165) is 0 Å². The lowest BCUT2D eigenvalue weighted by Crippen LogP contribution is -2.34. The number of hydrogen-bond donors (Lipinski definition) is 1. The summed E-state index contributed by atoms with van der Waals surface area (Å²) in [6, 6.07) is 0. The average Bonchev–Trinajstić information content (AvgIpc) is 1.91. The van der Waals surface area contributed by atoms with Gasteiger partial charge in [-0.15, -0.1) is 0 Å². The van der Waals surface area contributed by atoms with Crippen molar-refractivity contribution in [2.75, 3.05) is 6.54 Å². The quantitative estimate of drug-likeness (QED) is 0.500. The first-order chi connectivity index (χ1) is 4.43. The zero-order valence-corrected chi connectivity index (χ0v) is 4.74. The van der Waals surface area contributed by atoms with E-state index >= 15 is 0 Å². The Morgan fingerprint density at radius 3 is 3.22 bits per heavy atom. The van der Waals surface area contributed by atoms with E-state index in [4.69, 9.17) is 0 Å². The lowest BCUT2D eigenvalue weighted by Gasteiger charge is -2.16. The summed E-state index contributed by atoms with van der Waals surface area (Å²) in [4.78, 5) is 13.5. The van der Waals surface area contributed by atoms with Gasteiger partial charge in [0, 0.05) is 18.6 Å². The van der Waals surface area contributed by atoms with Crippen LogP contribution in [0.1, 0.15) is 0 Å².